The monoisotopic (exact) mass is 316 g/mol. The Morgan fingerprint density at radius 2 is 2.15 bits per heavy atom. The zero-order chi connectivity index (χ0) is 15.3. The molecule has 20 heavy (non-hydrogen) atoms. The molecule has 0 aliphatic carbocycles. The smallest absolute Gasteiger partial charge is 0.207 e. The van der Waals surface area contributed by atoms with Crippen LogP contribution in [0.3, 0.4) is 0 Å². The minimum absolute atomic E-state index is 0.0579. The van der Waals surface area contributed by atoms with Crippen LogP contribution in [0.25, 0.3) is 0 Å². The van der Waals surface area contributed by atoms with E-state index < -0.39 is 15.8 Å². The van der Waals surface area contributed by atoms with Gasteiger partial charge in [-0.25, -0.2) is 12.8 Å². The fraction of sp³-hybridized carbons (Fsp3) is 0.462. The van der Waals surface area contributed by atoms with E-state index in [2.05, 4.69) is 0 Å². The van der Waals surface area contributed by atoms with Crippen LogP contribution < -0.4 is 0 Å². The van der Waals surface area contributed by atoms with E-state index in [1.165, 1.54) is 17.4 Å². The average Bonchev–Trinajstić information content (AvgIpc) is 2.44. The molecule has 0 amide bonds. The molecule has 0 aromatic heterocycles. The van der Waals surface area contributed by atoms with E-state index in [0.29, 0.717) is 12.2 Å². The number of rotatable bonds is 6. The van der Waals surface area contributed by atoms with Gasteiger partial charge in [0.25, 0.3) is 0 Å². The molecule has 0 spiro atoms. The van der Waals surface area contributed by atoms with Crippen molar-refractivity contribution in [1.29, 1.82) is 5.26 Å². The summed E-state index contributed by atoms with van der Waals surface area (Å²) in [5.74, 6) is -0.0383. The number of nitriles is 1. The molecule has 0 saturated heterocycles. The van der Waals surface area contributed by atoms with Crippen LogP contribution in [0.4, 0.5) is 4.39 Å². The molecule has 1 aromatic carbocycles. The number of halogens is 1. The lowest BCUT2D eigenvalue weighted by atomic mass is 10.2. The van der Waals surface area contributed by atoms with Crippen LogP contribution in [0.15, 0.2) is 23.1 Å². The van der Waals surface area contributed by atoms with E-state index >= 15 is 0 Å². The van der Waals surface area contributed by atoms with Crippen molar-refractivity contribution in [2.24, 2.45) is 0 Å². The van der Waals surface area contributed by atoms with Crippen molar-refractivity contribution < 1.29 is 12.8 Å². The highest BCUT2D eigenvalue weighted by Crippen LogP contribution is 2.21. The number of benzene rings is 1. The predicted octanol–water partition coefficient (Wildman–Crippen LogP) is 2.46. The highest BCUT2D eigenvalue weighted by molar-refractivity contribution is 7.98. The van der Waals surface area contributed by atoms with Gasteiger partial charge < -0.3 is 0 Å². The highest BCUT2D eigenvalue weighted by atomic mass is 32.2. The van der Waals surface area contributed by atoms with Crippen LogP contribution in [-0.4, -0.2) is 37.8 Å². The summed E-state index contributed by atoms with van der Waals surface area (Å²) < 4.78 is 39.5. The maximum Gasteiger partial charge on any atom is 0.243 e. The van der Waals surface area contributed by atoms with E-state index in [1.54, 1.807) is 17.8 Å². The highest BCUT2D eigenvalue weighted by Gasteiger charge is 2.27. The van der Waals surface area contributed by atoms with Crippen LogP contribution in [0.2, 0.25) is 0 Å². The van der Waals surface area contributed by atoms with E-state index in [-0.39, 0.29) is 16.5 Å². The maximum absolute atomic E-state index is 13.3. The molecule has 1 atom stereocenters. The van der Waals surface area contributed by atoms with Crippen LogP contribution in [-0.2, 0) is 10.0 Å². The first-order chi connectivity index (χ1) is 9.38. The minimum atomic E-state index is -3.72. The summed E-state index contributed by atoms with van der Waals surface area (Å²) in [5.41, 5.74) is -0.266. The number of thioether (sulfide) groups is 1. The van der Waals surface area contributed by atoms with Crippen molar-refractivity contribution in [2.45, 2.75) is 24.3 Å². The van der Waals surface area contributed by atoms with Gasteiger partial charge in [-0.2, -0.15) is 21.3 Å². The zero-order valence-electron chi connectivity index (χ0n) is 11.6. The first-order valence-corrected chi connectivity index (χ1v) is 8.88. The summed E-state index contributed by atoms with van der Waals surface area (Å²) in [5, 5.41) is 8.79. The van der Waals surface area contributed by atoms with Gasteiger partial charge in [0.15, 0.2) is 0 Å². The molecule has 1 aromatic rings. The molecule has 0 saturated carbocycles. The first kappa shape index (κ1) is 17.0. The largest absolute Gasteiger partial charge is 0.243 e. The summed E-state index contributed by atoms with van der Waals surface area (Å²) >= 11 is 1.57. The van der Waals surface area contributed by atoms with Crippen molar-refractivity contribution in [3.63, 3.8) is 0 Å². The van der Waals surface area contributed by atoms with Crippen LogP contribution in [0.5, 0.6) is 0 Å². The molecule has 0 fully saturated rings. The molecule has 110 valence electrons. The van der Waals surface area contributed by atoms with Crippen LogP contribution >= 0.6 is 11.8 Å². The van der Waals surface area contributed by atoms with Crippen molar-refractivity contribution in [2.75, 3.05) is 19.1 Å². The van der Waals surface area contributed by atoms with Crippen LogP contribution in [0, 0.1) is 17.1 Å². The number of hydrogen-bond donors (Lipinski definition) is 0. The summed E-state index contributed by atoms with van der Waals surface area (Å²) in [6, 6.07) is 4.79. The lowest BCUT2D eigenvalue weighted by Crippen LogP contribution is -2.38. The Balaban J connectivity index is 3.19. The van der Waals surface area contributed by atoms with Gasteiger partial charge >= 0.3 is 0 Å². The van der Waals surface area contributed by atoms with Gasteiger partial charge in [-0.05, 0) is 30.9 Å². The van der Waals surface area contributed by atoms with Gasteiger partial charge in [-0.1, -0.05) is 6.92 Å². The Morgan fingerprint density at radius 3 is 2.65 bits per heavy atom. The second kappa shape index (κ2) is 7.07. The molecule has 4 nitrogen and oxygen atoms in total. The molecule has 0 radical (unpaired) electrons. The maximum atomic E-state index is 13.3. The third-order valence-electron chi connectivity index (χ3n) is 3.08. The Hall–Kier alpha value is -1.10. The third-order valence-corrected chi connectivity index (χ3v) is 5.70. The van der Waals surface area contributed by atoms with Crippen molar-refractivity contribution >= 4 is 21.8 Å². The van der Waals surface area contributed by atoms with E-state index in [4.69, 9.17) is 5.26 Å². The summed E-state index contributed by atoms with van der Waals surface area (Å²) in [6.07, 6.45) is 2.59. The van der Waals surface area contributed by atoms with Crippen molar-refractivity contribution in [1.82, 2.24) is 4.31 Å². The SMILES string of the molecule is CCC(CSC)N(C)S(=O)(=O)c1ccc(F)c(C#N)c1. The summed E-state index contributed by atoms with van der Waals surface area (Å²) in [6.45, 7) is 1.91. The number of nitrogens with zero attached hydrogens (tertiary/aromatic N) is 2. The average molecular weight is 316 g/mol. The molecule has 1 rings (SSSR count). The van der Waals surface area contributed by atoms with Gasteiger partial charge in [-0.15, -0.1) is 0 Å². The fourth-order valence-corrected chi connectivity index (χ4v) is 4.18. The molecule has 0 aliphatic rings. The third kappa shape index (κ3) is 3.51. The lowest BCUT2D eigenvalue weighted by Gasteiger charge is -2.26. The molecule has 0 bridgehead atoms. The van der Waals surface area contributed by atoms with E-state index in [9.17, 15) is 12.8 Å². The molecule has 0 heterocycles. The number of sulfonamides is 1. The van der Waals surface area contributed by atoms with Gasteiger partial charge in [-0.3, -0.25) is 0 Å². The van der Waals surface area contributed by atoms with Crippen molar-refractivity contribution in [3.05, 3.63) is 29.6 Å². The first-order valence-electron chi connectivity index (χ1n) is 6.05. The predicted molar refractivity (Wildman–Crippen MR) is 78.5 cm³/mol. The molecule has 0 N–H and O–H groups in total. The van der Waals surface area contributed by atoms with Crippen LogP contribution in [0.1, 0.15) is 18.9 Å². The zero-order valence-corrected chi connectivity index (χ0v) is 13.3. The lowest BCUT2D eigenvalue weighted by molar-refractivity contribution is 0.385. The number of hydrogen-bond acceptors (Lipinski definition) is 4. The summed E-state index contributed by atoms with van der Waals surface area (Å²) in [4.78, 5) is -0.0579. The Morgan fingerprint density at radius 1 is 1.50 bits per heavy atom. The second-order valence-corrected chi connectivity index (χ2v) is 7.20. The molecule has 1 unspecified atom stereocenters. The topological polar surface area (TPSA) is 61.2 Å². The summed E-state index contributed by atoms with van der Waals surface area (Å²) in [7, 11) is -2.21. The normalized spacial score (nSPS) is 13.2. The quantitative estimate of drug-likeness (QED) is 0.809. The Kier molecular flexibility index (Phi) is 5.99. The second-order valence-electron chi connectivity index (χ2n) is 4.29. The Labute approximate surface area is 123 Å². The van der Waals surface area contributed by atoms with Crippen molar-refractivity contribution in [3.8, 4) is 6.07 Å². The Bertz CT molecular complexity index is 611. The fourth-order valence-electron chi connectivity index (χ4n) is 1.79. The van der Waals surface area contributed by atoms with E-state index in [0.717, 1.165) is 12.1 Å². The van der Waals surface area contributed by atoms with Gasteiger partial charge in [0.1, 0.15) is 11.9 Å². The minimum Gasteiger partial charge on any atom is -0.207 e. The van der Waals surface area contributed by atoms with Gasteiger partial charge in [0.2, 0.25) is 10.0 Å². The molecule has 0 aliphatic heterocycles. The van der Waals surface area contributed by atoms with Gasteiger partial charge in [0, 0.05) is 18.8 Å². The standard InChI is InChI=1S/C13H17FN2O2S2/c1-4-11(9-19-3)16(2)20(17,18)12-5-6-13(14)10(7-12)8-15/h5-7,11H,4,9H2,1-3H3. The molecule has 7 heteroatoms. The molecular formula is C13H17FN2O2S2. The molecular weight excluding hydrogens is 299 g/mol. The van der Waals surface area contributed by atoms with E-state index in [1.807, 2.05) is 13.2 Å². The van der Waals surface area contributed by atoms with Gasteiger partial charge in [0.05, 0.1) is 10.5 Å².